The second-order valence-electron chi connectivity index (χ2n) is 39.5. The molecule has 14 aromatic rings. The molecule has 114 heavy (non-hydrogen) atoms. The van der Waals surface area contributed by atoms with E-state index in [1.807, 2.05) is 0 Å². The van der Waals surface area contributed by atoms with Crippen LogP contribution in [0.1, 0.15) is 198 Å². The van der Waals surface area contributed by atoms with Crippen LogP contribution < -0.4 is 26.2 Å². The van der Waals surface area contributed by atoms with Gasteiger partial charge >= 0.3 is 0 Å². The summed E-state index contributed by atoms with van der Waals surface area (Å²) in [6.07, 6.45) is 0. The minimum atomic E-state index is -0.308. The molecule has 0 amide bonds. The first-order chi connectivity index (χ1) is 53.6. The average molecular weight is 1490 g/mol. The molecular weight excluding hydrogens is 1370 g/mol. The summed E-state index contributed by atoms with van der Waals surface area (Å²) in [5.41, 5.74) is 49.9. The number of aromatic nitrogens is 1. The number of aryl methyl sites for hydroxylation is 12. The van der Waals surface area contributed by atoms with E-state index in [9.17, 15) is 0 Å². The van der Waals surface area contributed by atoms with E-state index in [4.69, 9.17) is 0 Å². The third kappa shape index (κ3) is 13.3. The van der Waals surface area contributed by atoms with Crippen LogP contribution >= 0.6 is 0 Å². The molecule has 0 bridgehead atoms. The number of fused-ring (bicyclic) bond motifs is 7. The van der Waals surface area contributed by atoms with Crippen LogP contribution in [0.2, 0.25) is 0 Å². The van der Waals surface area contributed by atoms with Gasteiger partial charge in [-0.2, -0.15) is 0 Å². The molecule has 0 atom stereocenters. The Labute approximate surface area is 682 Å². The van der Waals surface area contributed by atoms with Crippen LogP contribution in [0.3, 0.4) is 0 Å². The van der Waals surface area contributed by atoms with Gasteiger partial charge in [0.15, 0.2) is 0 Å². The highest BCUT2D eigenvalue weighted by atomic mass is 15.2. The number of hydrogen-bond donors (Lipinski definition) is 0. The predicted octanol–water partition coefficient (Wildman–Crippen LogP) is 29.1. The van der Waals surface area contributed by atoms with Gasteiger partial charge in [0, 0.05) is 55.8 Å². The molecule has 574 valence electrons. The molecule has 16 rings (SSSR count). The maximum atomic E-state index is 2.79. The van der Waals surface area contributed by atoms with Crippen molar-refractivity contribution in [3.05, 3.63) is 307 Å². The largest absolute Gasteiger partial charge is 0.310 e. The molecule has 1 aromatic heterocycles. The second-order valence-corrected chi connectivity index (χ2v) is 39.5. The SMILES string of the molecule is Cc1cc(C)c(-c2cccc(-c3c(C)cc(C)cc3C)c2N2c3ccc(-c4cc(C(C)(C)C)cc(C(C)(C)C)c4)cc3B3c4cc(-c5cc(C(C)(C)C)cc(C(C)(C)C)c5)ccc4N(c4c(-c5c(C)cc(C)cc5C)cccc4-c4c(C)cc(C)cc4C)c4cc(-n5c6ccccc6c6cc(C(C)(C)C)ccc65)cc2c43)c(C)c1. The molecule has 0 spiro atoms. The minimum absolute atomic E-state index is 0.0840. The quantitative estimate of drug-likeness (QED) is 0.133. The summed E-state index contributed by atoms with van der Waals surface area (Å²) in [7, 11) is 0. The van der Waals surface area contributed by atoms with Crippen molar-refractivity contribution in [1.29, 1.82) is 0 Å². The molecular formula is C110H116BN3. The second kappa shape index (κ2) is 27.5. The van der Waals surface area contributed by atoms with Gasteiger partial charge in [-0.15, -0.1) is 0 Å². The van der Waals surface area contributed by atoms with Gasteiger partial charge in [-0.3, -0.25) is 0 Å². The Bertz CT molecular complexity index is 5720. The maximum absolute atomic E-state index is 2.79. The van der Waals surface area contributed by atoms with Crippen molar-refractivity contribution in [3.63, 3.8) is 0 Å². The summed E-state index contributed by atoms with van der Waals surface area (Å²) in [5, 5.41) is 2.47. The van der Waals surface area contributed by atoms with Crippen molar-refractivity contribution in [2.45, 2.75) is 214 Å². The maximum Gasteiger partial charge on any atom is 0.252 e. The Kier molecular flexibility index (Phi) is 18.7. The fourth-order valence-corrected chi connectivity index (χ4v) is 19.8. The third-order valence-corrected chi connectivity index (χ3v) is 25.1. The van der Waals surface area contributed by atoms with Gasteiger partial charge in [0.05, 0.1) is 28.1 Å². The summed E-state index contributed by atoms with van der Waals surface area (Å²) in [5.74, 6) is 0. The normalized spacial score (nSPS) is 13.2. The van der Waals surface area contributed by atoms with E-state index in [2.05, 4.69) is 414 Å². The molecule has 0 N–H and O–H groups in total. The monoisotopic (exact) mass is 1490 g/mol. The molecule has 2 aliphatic heterocycles. The first-order valence-corrected chi connectivity index (χ1v) is 41.6. The predicted molar refractivity (Wildman–Crippen MR) is 498 cm³/mol. The zero-order valence-corrected chi connectivity index (χ0v) is 73.1. The molecule has 0 saturated heterocycles. The van der Waals surface area contributed by atoms with Crippen molar-refractivity contribution in [1.82, 2.24) is 4.57 Å². The molecule has 0 unspecified atom stereocenters. The van der Waals surface area contributed by atoms with E-state index in [1.54, 1.807) is 0 Å². The van der Waals surface area contributed by atoms with Crippen LogP contribution in [-0.4, -0.2) is 11.3 Å². The highest BCUT2D eigenvalue weighted by molar-refractivity contribution is 7.00. The molecule has 2 aliphatic rings. The standard InChI is InChI=1S/C110H116BN3/c1-63-44-67(5)99(68(6)45-63)86-33-30-34-87(100-69(7)46-64(2)47-70(100)8)104(86)113-95-41-38-75(77-52-80(107(16,17)18)58-81(53-77)108(19,20)21)56-91(95)111-92-57-76(78-54-82(109(22,23)24)59-83(55-78)110(25,26)27)39-42-96(92)114(105-88(101-71(9)48-65(3)49-72(101)10)35-31-36-89(105)102-73(11)50-66(4)51-74(102)12)98-62-84(61-97(113)103(98)111)112-93-37-29-28-32-85(93)90-60-79(106(13,14)15)40-43-94(90)112/h28-62H,1-27H3. The Balaban J connectivity index is 1.17. The Hall–Kier alpha value is -10.7. The zero-order valence-electron chi connectivity index (χ0n) is 73.1. The molecule has 4 heteroatoms. The number of para-hydroxylation sites is 3. The summed E-state index contributed by atoms with van der Waals surface area (Å²) in [6, 6.07) is 85.7. The highest BCUT2D eigenvalue weighted by Gasteiger charge is 2.47. The van der Waals surface area contributed by atoms with Crippen LogP contribution in [0.5, 0.6) is 0 Å². The first-order valence-electron chi connectivity index (χ1n) is 41.6. The average Bonchev–Trinajstić information content (AvgIpc) is 0.816. The third-order valence-electron chi connectivity index (χ3n) is 25.1. The lowest BCUT2D eigenvalue weighted by Gasteiger charge is -2.46. The Morgan fingerprint density at radius 3 is 0.886 bits per heavy atom. The first kappa shape index (κ1) is 77.3. The number of hydrogen-bond acceptors (Lipinski definition) is 2. The van der Waals surface area contributed by atoms with Gasteiger partial charge in [-0.25, -0.2) is 0 Å². The van der Waals surface area contributed by atoms with Gasteiger partial charge in [-0.05, 0) is 286 Å². The number of anilines is 6. The van der Waals surface area contributed by atoms with Crippen molar-refractivity contribution in [2.24, 2.45) is 0 Å². The fraction of sp³-hybridized carbons (Fsp3) is 0.291. The van der Waals surface area contributed by atoms with Crippen molar-refractivity contribution >= 4 is 79.0 Å². The van der Waals surface area contributed by atoms with E-state index in [0.717, 1.165) is 45.3 Å². The number of rotatable bonds is 9. The van der Waals surface area contributed by atoms with Gasteiger partial charge in [-0.1, -0.05) is 296 Å². The van der Waals surface area contributed by atoms with Crippen LogP contribution in [0, 0.1) is 83.1 Å². The van der Waals surface area contributed by atoms with Gasteiger partial charge in [0.2, 0.25) is 0 Å². The van der Waals surface area contributed by atoms with E-state index < -0.39 is 0 Å². The molecule has 0 aliphatic carbocycles. The molecule has 13 aromatic carbocycles. The lowest BCUT2D eigenvalue weighted by atomic mass is 9.33. The van der Waals surface area contributed by atoms with Crippen molar-refractivity contribution in [2.75, 3.05) is 9.80 Å². The lowest BCUT2D eigenvalue weighted by Crippen LogP contribution is -2.61. The van der Waals surface area contributed by atoms with Crippen molar-refractivity contribution in [3.8, 4) is 72.4 Å². The van der Waals surface area contributed by atoms with E-state index in [0.29, 0.717) is 0 Å². The molecule has 0 saturated carbocycles. The molecule has 0 fully saturated rings. The van der Waals surface area contributed by atoms with E-state index in [1.165, 1.54) is 194 Å². The van der Waals surface area contributed by atoms with Crippen LogP contribution in [0.4, 0.5) is 34.1 Å². The van der Waals surface area contributed by atoms with Crippen molar-refractivity contribution < 1.29 is 0 Å². The molecule has 3 nitrogen and oxygen atoms in total. The summed E-state index contributed by atoms with van der Waals surface area (Å²) >= 11 is 0. The minimum Gasteiger partial charge on any atom is -0.310 e. The summed E-state index contributed by atoms with van der Waals surface area (Å²) < 4.78 is 2.62. The lowest BCUT2D eigenvalue weighted by molar-refractivity contribution is 0.568. The van der Waals surface area contributed by atoms with Gasteiger partial charge < -0.3 is 14.4 Å². The zero-order chi connectivity index (χ0) is 81.4. The van der Waals surface area contributed by atoms with Gasteiger partial charge in [0.1, 0.15) is 0 Å². The van der Waals surface area contributed by atoms with E-state index in [-0.39, 0.29) is 33.8 Å². The molecule has 3 heterocycles. The Morgan fingerprint density at radius 1 is 0.246 bits per heavy atom. The van der Waals surface area contributed by atoms with Crippen LogP contribution in [0.15, 0.2) is 212 Å². The number of nitrogens with zero attached hydrogens (tertiary/aromatic N) is 3. The van der Waals surface area contributed by atoms with Crippen LogP contribution in [-0.2, 0) is 27.1 Å². The number of benzene rings is 13. The van der Waals surface area contributed by atoms with Crippen LogP contribution in [0.25, 0.3) is 94.3 Å². The molecule has 0 radical (unpaired) electrons. The summed E-state index contributed by atoms with van der Waals surface area (Å²) in [4.78, 5) is 5.59. The Morgan fingerprint density at radius 2 is 0.561 bits per heavy atom. The van der Waals surface area contributed by atoms with E-state index >= 15 is 0 Å². The fourth-order valence-electron chi connectivity index (χ4n) is 19.8. The highest BCUT2D eigenvalue weighted by Crippen LogP contribution is 2.57. The smallest absolute Gasteiger partial charge is 0.252 e. The topological polar surface area (TPSA) is 11.4 Å². The summed E-state index contributed by atoms with van der Waals surface area (Å²) in [6.45, 7) is 62.9. The van der Waals surface area contributed by atoms with Gasteiger partial charge in [0.25, 0.3) is 6.71 Å².